The quantitative estimate of drug-likeness (QED) is 0.532. The lowest BCUT2D eigenvalue weighted by molar-refractivity contribution is 0.382. The number of fused-ring (bicyclic) bond motifs is 1. The van der Waals surface area contributed by atoms with Gasteiger partial charge in [-0.05, 0) is 6.07 Å². The van der Waals surface area contributed by atoms with Crippen LogP contribution in [0.15, 0.2) is 33.5 Å². The van der Waals surface area contributed by atoms with Crippen molar-refractivity contribution in [3.8, 4) is 45.8 Å². The first kappa shape index (κ1) is 16.3. The van der Waals surface area contributed by atoms with Crippen LogP contribution in [0.4, 0.5) is 0 Å². The van der Waals surface area contributed by atoms with E-state index >= 15 is 0 Å². The average molecular weight is 346 g/mol. The molecule has 0 saturated heterocycles. The molecule has 3 rings (SSSR count). The Morgan fingerprint density at radius 3 is 2.20 bits per heavy atom. The van der Waals surface area contributed by atoms with E-state index in [1.165, 1.54) is 14.2 Å². The highest BCUT2D eigenvalue weighted by Gasteiger charge is 2.23. The van der Waals surface area contributed by atoms with Gasteiger partial charge in [-0.1, -0.05) is 0 Å². The van der Waals surface area contributed by atoms with Crippen LogP contribution in [0.1, 0.15) is 0 Å². The van der Waals surface area contributed by atoms with E-state index in [0.717, 1.165) is 24.3 Å². The number of phenols is 4. The topological polar surface area (TPSA) is 130 Å². The highest BCUT2D eigenvalue weighted by molar-refractivity contribution is 5.89. The first-order valence-electron chi connectivity index (χ1n) is 7.04. The van der Waals surface area contributed by atoms with Crippen LogP contribution < -0.4 is 14.9 Å². The fourth-order valence-corrected chi connectivity index (χ4v) is 2.53. The van der Waals surface area contributed by atoms with E-state index < -0.39 is 22.7 Å². The van der Waals surface area contributed by atoms with Crippen molar-refractivity contribution in [1.29, 1.82) is 0 Å². The Hall–Kier alpha value is -3.55. The van der Waals surface area contributed by atoms with Crippen molar-refractivity contribution in [3.63, 3.8) is 0 Å². The Bertz CT molecular complexity index is 1040. The summed E-state index contributed by atoms with van der Waals surface area (Å²) in [6.07, 6.45) is 0. The van der Waals surface area contributed by atoms with Gasteiger partial charge in [0.15, 0.2) is 17.3 Å². The zero-order valence-electron chi connectivity index (χ0n) is 13.2. The molecule has 1 aromatic heterocycles. The summed E-state index contributed by atoms with van der Waals surface area (Å²) < 4.78 is 15.9. The van der Waals surface area contributed by atoms with Crippen LogP contribution >= 0.6 is 0 Å². The molecular formula is C17H14O8. The number of hydrogen-bond acceptors (Lipinski definition) is 8. The van der Waals surface area contributed by atoms with E-state index in [4.69, 9.17) is 13.9 Å². The van der Waals surface area contributed by atoms with Crippen LogP contribution in [-0.4, -0.2) is 34.6 Å². The van der Waals surface area contributed by atoms with E-state index in [1.807, 2.05) is 0 Å². The molecule has 0 atom stereocenters. The maximum atomic E-state index is 12.7. The van der Waals surface area contributed by atoms with Gasteiger partial charge in [0, 0.05) is 18.2 Å². The summed E-state index contributed by atoms with van der Waals surface area (Å²) in [4.78, 5) is 12.7. The van der Waals surface area contributed by atoms with Crippen LogP contribution in [0.5, 0.6) is 34.5 Å². The largest absolute Gasteiger partial charge is 0.508 e. The van der Waals surface area contributed by atoms with Gasteiger partial charge in [0.05, 0.1) is 19.8 Å². The van der Waals surface area contributed by atoms with Crippen LogP contribution in [0, 0.1) is 0 Å². The molecule has 0 radical (unpaired) electrons. The Kier molecular flexibility index (Phi) is 3.80. The Labute approximate surface area is 140 Å². The zero-order chi connectivity index (χ0) is 18.3. The molecule has 25 heavy (non-hydrogen) atoms. The van der Waals surface area contributed by atoms with Crippen molar-refractivity contribution in [3.05, 3.63) is 34.5 Å². The summed E-state index contributed by atoms with van der Waals surface area (Å²) in [5.74, 6) is -1.87. The van der Waals surface area contributed by atoms with Gasteiger partial charge in [-0.15, -0.1) is 0 Å². The third-order valence-corrected chi connectivity index (χ3v) is 3.66. The number of hydrogen-bond donors (Lipinski definition) is 4. The first-order chi connectivity index (χ1) is 11.9. The average Bonchev–Trinajstić information content (AvgIpc) is 2.55. The summed E-state index contributed by atoms with van der Waals surface area (Å²) in [6, 6.07) is 4.45. The standard InChI is InChI=1S/C17H14O8/c1-23-12-6-10(20)9(19)5-8(12)16-17(24-2)15(22)14-11(21)3-7(18)4-13(14)25-16/h3-6,18-21H,1-2H3. The van der Waals surface area contributed by atoms with Gasteiger partial charge in [-0.3, -0.25) is 4.79 Å². The Balaban J connectivity index is 2.45. The molecule has 0 aliphatic rings. The second-order valence-corrected chi connectivity index (χ2v) is 5.17. The molecule has 4 N–H and O–H groups in total. The van der Waals surface area contributed by atoms with Gasteiger partial charge in [-0.2, -0.15) is 0 Å². The summed E-state index contributed by atoms with van der Waals surface area (Å²) in [6.45, 7) is 0. The van der Waals surface area contributed by atoms with E-state index in [2.05, 4.69) is 0 Å². The molecule has 8 heteroatoms. The van der Waals surface area contributed by atoms with E-state index in [0.29, 0.717) is 0 Å². The minimum atomic E-state index is -0.675. The minimum absolute atomic E-state index is 0.0899. The molecule has 0 aliphatic carbocycles. The molecule has 3 aromatic rings. The molecular weight excluding hydrogens is 332 g/mol. The van der Waals surface area contributed by atoms with Gasteiger partial charge in [-0.25, -0.2) is 0 Å². The molecule has 1 heterocycles. The molecule has 0 fully saturated rings. The summed E-state index contributed by atoms with van der Waals surface area (Å²) in [7, 11) is 2.57. The van der Waals surface area contributed by atoms with Gasteiger partial charge in [0.25, 0.3) is 0 Å². The number of benzene rings is 2. The van der Waals surface area contributed by atoms with Crippen LogP contribution in [0.3, 0.4) is 0 Å². The Morgan fingerprint density at radius 2 is 1.56 bits per heavy atom. The van der Waals surface area contributed by atoms with Crippen molar-refractivity contribution in [2.75, 3.05) is 14.2 Å². The molecule has 0 amide bonds. The zero-order valence-corrected chi connectivity index (χ0v) is 13.2. The highest BCUT2D eigenvalue weighted by atomic mass is 16.5. The third kappa shape index (κ3) is 2.53. The molecule has 130 valence electrons. The fraction of sp³-hybridized carbons (Fsp3) is 0.118. The second-order valence-electron chi connectivity index (χ2n) is 5.17. The van der Waals surface area contributed by atoms with Crippen LogP contribution in [0.25, 0.3) is 22.3 Å². The van der Waals surface area contributed by atoms with Crippen molar-refractivity contribution >= 4 is 11.0 Å². The van der Waals surface area contributed by atoms with E-state index in [9.17, 15) is 25.2 Å². The van der Waals surface area contributed by atoms with Gasteiger partial charge in [0.2, 0.25) is 11.2 Å². The second kappa shape index (κ2) is 5.82. The fourth-order valence-electron chi connectivity index (χ4n) is 2.53. The monoisotopic (exact) mass is 346 g/mol. The number of ether oxygens (including phenoxy) is 2. The Morgan fingerprint density at radius 1 is 0.880 bits per heavy atom. The summed E-state index contributed by atoms with van der Waals surface area (Å²) in [5, 5.41) is 38.8. The van der Waals surface area contributed by atoms with Crippen LogP contribution in [-0.2, 0) is 0 Å². The minimum Gasteiger partial charge on any atom is -0.508 e. The lowest BCUT2D eigenvalue weighted by atomic mass is 10.1. The summed E-state index contributed by atoms with van der Waals surface area (Å²) in [5.41, 5.74) is -0.629. The lowest BCUT2D eigenvalue weighted by Crippen LogP contribution is -2.08. The van der Waals surface area contributed by atoms with Gasteiger partial charge >= 0.3 is 0 Å². The smallest absolute Gasteiger partial charge is 0.239 e. The summed E-state index contributed by atoms with van der Waals surface area (Å²) >= 11 is 0. The maximum absolute atomic E-state index is 12.7. The number of phenolic OH excluding ortho intramolecular Hbond substituents is 4. The molecule has 8 nitrogen and oxygen atoms in total. The number of rotatable bonds is 3. The molecule has 0 aliphatic heterocycles. The molecule has 0 spiro atoms. The van der Waals surface area contributed by atoms with Gasteiger partial charge in [0.1, 0.15) is 28.2 Å². The predicted octanol–water partition coefficient (Wildman–Crippen LogP) is 2.30. The van der Waals surface area contributed by atoms with Crippen molar-refractivity contribution in [1.82, 2.24) is 0 Å². The highest BCUT2D eigenvalue weighted by Crippen LogP contribution is 2.43. The van der Waals surface area contributed by atoms with E-state index in [-0.39, 0.29) is 39.5 Å². The number of methoxy groups -OCH3 is 2. The van der Waals surface area contributed by atoms with Crippen LogP contribution in [0.2, 0.25) is 0 Å². The van der Waals surface area contributed by atoms with Crippen molar-refractivity contribution < 1.29 is 34.3 Å². The third-order valence-electron chi connectivity index (χ3n) is 3.66. The molecule has 2 aromatic carbocycles. The molecule has 0 bridgehead atoms. The van der Waals surface area contributed by atoms with Gasteiger partial charge < -0.3 is 34.3 Å². The van der Waals surface area contributed by atoms with Crippen molar-refractivity contribution in [2.24, 2.45) is 0 Å². The SMILES string of the molecule is COc1cc(O)c(O)cc1-c1oc2cc(O)cc(O)c2c(=O)c1OC. The lowest BCUT2D eigenvalue weighted by Gasteiger charge is -2.13. The van der Waals surface area contributed by atoms with Crippen molar-refractivity contribution in [2.45, 2.75) is 0 Å². The maximum Gasteiger partial charge on any atom is 0.239 e. The number of aromatic hydroxyl groups is 4. The molecule has 0 saturated carbocycles. The normalized spacial score (nSPS) is 10.8. The molecule has 0 unspecified atom stereocenters. The first-order valence-corrected chi connectivity index (χ1v) is 7.04. The van der Waals surface area contributed by atoms with E-state index in [1.54, 1.807) is 0 Å². The predicted molar refractivity (Wildman–Crippen MR) is 87.7 cm³/mol.